The summed E-state index contributed by atoms with van der Waals surface area (Å²) in [6.45, 7) is 11.8. The lowest BCUT2D eigenvalue weighted by Crippen LogP contribution is -2.11. The molecule has 0 heterocycles. The fourth-order valence-electron chi connectivity index (χ4n) is 2.82. The van der Waals surface area contributed by atoms with Crippen LogP contribution >= 0.6 is 0 Å². The Kier molecular flexibility index (Phi) is 8.08. The molecule has 0 saturated carbocycles. The standard InChI is InChI=1S/C25H30O4/c1-7-8-22-24(28-17(2)3)15-19(16-25(22)29-18(4)5)9-14-23(26)20-10-12-21(27-6)13-11-20/h7,9-18H,1,8H2,2-6H3. The van der Waals surface area contributed by atoms with Gasteiger partial charge < -0.3 is 14.2 Å². The van der Waals surface area contributed by atoms with Crippen LogP contribution in [0.2, 0.25) is 0 Å². The highest BCUT2D eigenvalue weighted by Gasteiger charge is 2.14. The second-order valence-electron chi connectivity index (χ2n) is 7.25. The number of rotatable bonds is 10. The van der Waals surface area contributed by atoms with Crippen molar-refractivity contribution in [2.45, 2.75) is 46.3 Å². The van der Waals surface area contributed by atoms with Gasteiger partial charge in [0.2, 0.25) is 0 Å². The summed E-state index contributed by atoms with van der Waals surface area (Å²) in [6.07, 6.45) is 5.85. The van der Waals surface area contributed by atoms with E-state index in [1.54, 1.807) is 43.5 Å². The van der Waals surface area contributed by atoms with Crippen molar-refractivity contribution in [2.24, 2.45) is 0 Å². The Morgan fingerprint density at radius 2 is 1.55 bits per heavy atom. The largest absolute Gasteiger partial charge is 0.497 e. The molecule has 4 nitrogen and oxygen atoms in total. The number of ether oxygens (including phenoxy) is 3. The van der Waals surface area contributed by atoms with Gasteiger partial charge in [-0.25, -0.2) is 0 Å². The van der Waals surface area contributed by atoms with Gasteiger partial charge in [0, 0.05) is 11.1 Å². The maximum absolute atomic E-state index is 12.5. The number of hydrogen-bond donors (Lipinski definition) is 0. The van der Waals surface area contributed by atoms with E-state index >= 15 is 0 Å². The van der Waals surface area contributed by atoms with Gasteiger partial charge in [-0.3, -0.25) is 4.79 Å². The number of allylic oxidation sites excluding steroid dienone is 2. The molecule has 2 aromatic rings. The van der Waals surface area contributed by atoms with Crippen LogP contribution in [0.4, 0.5) is 0 Å². The first-order valence-corrected chi connectivity index (χ1v) is 9.81. The highest BCUT2D eigenvalue weighted by Crippen LogP contribution is 2.33. The van der Waals surface area contributed by atoms with Gasteiger partial charge in [-0.1, -0.05) is 12.2 Å². The number of ketones is 1. The molecule has 2 rings (SSSR count). The molecular weight excluding hydrogens is 364 g/mol. The summed E-state index contributed by atoms with van der Waals surface area (Å²) in [6, 6.07) is 10.9. The molecule has 0 saturated heterocycles. The monoisotopic (exact) mass is 394 g/mol. The van der Waals surface area contributed by atoms with E-state index in [0.29, 0.717) is 17.7 Å². The summed E-state index contributed by atoms with van der Waals surface area (Å²) in [7, 11) is 1.60. The van der Waals surface area contributed by atoms with E-state index in [9.17, 15) is 4.79 Å². The van der Waals surface area contributed by atoms with Crippen molar-refractivity contribution in [3.05, 3.63) is 71.8 Å². The molecule has 0 bridgehead atoms. The summed E-state index contributed by atoms with van der Waals surface area (Å²) in [5.74, 6) is 2.12. The molecule has 0 unspecified atom stereocenters. The first-order chi connectivity index (χ1) is 13.8. The Hall–Kier alpha value is -3.01. The highest BCUT2D eigenvalue weighted by atomic mass is 16.5. The fraction of sp³-hybridized carbons (Fsp3) is 0.320. The molecule has 0 aromatic heterocycles. The minimum Gasteiger partial charge on any atom is -0.497 e. The van der Waals surface area contributed by atoms with Gasteiger partial charge in [0.05, 0.1) is 19.3 Å². The molecule has 0 spiro atoms. The molecule has 0 N–H and O–H groups in total. The molecule has 0 radical (unpaired) electrons. The molecule has 2 aromatic carbocycles. The van der Waals surface area contributed by atoms with Crippen LogP contribution in [0.1, 0.15) is 49.2 Å². The summed E-state index contributed by atoms with van der Waals surface area (Å²) < 4.78 is 17.2. The number of carbonyl (C=O) groups excluding carboxylic acids is 1. The molecule has 0 aliphatic rings. The van der Waals surface area contributed by atoms with Crippen molar-refractivity contribution in [3.8, 4) is 17.2 Å². The minimum atomic E-state index is -0.0829. The van der Waals surface area contributed by atoms with Gasteiger partial charge >= 0.3 is 0 Å². The summed E-state index contributed by atoms with van der Waals surface area (Å²) >= 11 is 0. The van der Waals surface area contributed by atoms with Crippen LogP contribution < -0.4 is 14.2 Å². The Labute approximate surface area is 173 Å². The molecule has 0 atom stereocenters. The van der Waals surface area contributed by atoms with Gasteiger partial charge in [0.15, 0.2) is 5.78 Å². The highest BCUT2D eigenvalue weighted by molar-refractivity contribution is 6.06. The third-order valence-electron chi connectivity index (χ3n) is 4.07. The predicted octanol–water partition coefficient (Wildman–Crippen LogP) is 5.89. The van der Waals surface area contributed by atoms with Crippen LogP contribution in [0.15, 0.2) is 55.1 Å². The van der Waals surface area contributed by atoms with Crippen molar-refractivity contribution < 1.29 is 19.0 Å². The lowest BCUT2D eigenvalue weighted by atomic mass is 10.0. The SMILES string of the molecule is C=CCc1c(OC(C)C)cc(C=CC(=O)c2ccc(OC)cc2)cc1OC(C)C. The lowest BCUT2D eigenvalue weighted by molar-refractivity contribution is 0.104. The number of methoxy groups -OCH3 is 1. The second-order valence-corrected chi connectivity index (χ2v) is 7.25. The second kappa shape index (κ2) is 10.5. The van der Waals surface area contributed by atoms with Crippen molar-refractivity contribution in [2.75, 3.05) is 7.11 Å². The Morgan fingerprint density at radius 1 is 1.00 bits per heavy atom. The van der Waals surface area contributed by atoms with E-state index in [2.05, 4.69) is 6.58 Å². The number of carbonyl (C=O) groups is 1. The van der Waals surface area contributed by atoms with E-state index in [4.69, 9.17) is 14.2 Å². The Balaban J connectivity index is 2.37. The smallest absolute Gasteiger partial charge is 0.185 e. The Morgan fingerprint density at radius 3 is 2.00 bits per heavy atom. The normalized spacial score (nSPS) is 11.1. The van der Waals surface area contributed by atoms with Crippen LogP contribution in [0.3, 0.4) is 0 Å². The molecule has 0 aliphatic carbocycles. The minimum absolute atomic E-state index is 0.0191. The van der Waals surface area contributed by atoms with Crippen molar-refractivity contribution >= 4 is 11.9 Å². The summed E-state index contributed by atoms with van der Waals surface area (Å²) in [5.41, 5.74) is 2.40. The van der Waals surface area contributed by atoms with Crippen molar-refractivity contribution in [1.82, 2.24) is 0 Å². The zero-order chi connectivity index (χ0) is 21.4. The van der Waals surface area contributed by atoms with Crippen LogP contribution in [0.5, 0.6) is 17.2 Å². The third kappa shape index (κ3) is 6.53. The van der Waals surface area contributed by atoms with Gasteiger partial charge in [-0.15, -0.1) is 6.58 Å². The van der Waals surface area contributed by atoms with Crippen LogP contribution in [-0.2, 0) is 6.42 Å². The molecule has 0 fully saturated rings. The summed E-state index contributed by atoms with van der Waals surface area (Å²) in [5, 5.41) is 0. The van der Waals surface area contributed by atoms with E-state index < -0.39 is 0 Å². The maximum atomic E-state index is 12.5. The Bertz CT molecular complexity index is 830. The maximum Gasteiger partial charge on any atom is 0.185 e. The van der Waals surface area contributed by atoms with Gasteiger partial charge in [0.25, 0.3) is 0 Å². The van der Waals surface area contributed by atoms with Crippen LogP contribution in [0.25, 0.3) is 6.08 Å². The average Bonchev–Trinajstić information content (AvgIpc) is 2.67. The summed E-state index contributed by atoms with van der Waals surface area (Å²) in [4.78, 5) is 12.5. The third-order valence-corrected chi connectivity index (χ3v) is 4.07. The molecule has 4 heteroatoms. The van der Waals surface area contributed by atoms with Gasteiger partial charge in [-0.05, 0) is 82.2 Å². The predicted molar refractivity (Wildman–Crippen MR) is 118 cm³/mol. The van der Waals surface area contributed by atoms with Gasteiger partial charge in [0.1, 0.15) is 17.2 Å². The van der Waals surface area contributed by atoms with Crippen molar-refractivity contribution in [1.29, 1.82) is 0 Å². The number of benzene rings is 2. The van der Waals surface area contributed by atoms with Crippen LogP contribution in [-0.4, -0.2) is 25.1 Å². The van der Waals surface area contributed by atoms with E-state index in [1.807, 2.05) is 45.9 Å². The van der Waals surface area contributed by atoms with E-state index in [0.717, 1.165) is 22.6 Å². The molecule has 154 valence electrons. The molecule has 0 aliphatic heterocycles. The average molecular weight is 395 g/mol. The lowest BCUT2D eigenvalue weighted by Gasteiger charge is -2.20. The van der Waals surface area contributed by atoms with Crippen LogP contribution in [0, 0.1) is 0 Å². The first kappa shape index (κ1) is 22.3. The number of hydrogen-bond acceptors (Lipinski definition) is 4. The molecule has 0 amide bonds. The topological polar surface area (TPSA) is 44.8 Å². The van der Waals surface area contributed by atoms with Gasteiger partial charge in [-0.2, -0.15) is 0 Å². The zero-order valence-electron chi connectivity index (χ0n) is 17.9. The zero-order valence-corrected chi connectivity index (χ0v) is 17.9. The van der Waals surface area contributed by atoms with Crippen molar-refractivity contribution in [3.63, 3.8) is 0 Å². The molecule has 29 heavy (non-hydrogen) atoms. The fourth-order valence-corrected chi connectivity index (χ4v) is 2.82. The molecular formula is C25H30O4. The first-order valence-electron chi connectivity index (χ1n) is 9.81. The van der Waals surface area contributed by atoms with E-state index in [1.165, 1.54) is 0 Å². The van der Waals surface area contributed by atoms with E-state index in [-0.39, 0.29) is 18.0 Å². The quantitative estimate of drug-likeness (QED) is 0.286.